The second-order valence-electron chi connectivity index (χ2n) is 14.1. The van der Waals surface area contributed by atoms with Crippen LogP contribution in [0.3, 0.4) is 0 Å². The number of sulfonamides is 1. The van der Waals surface area contributed by atoms with E-state index in [9.17, 15) is 27.6 Å². The van der Waals surface area contributed by atoms with Gasteiger partial charge in [-0.2, -0.15) is 0 Å². The van der Waals surface area contributed by atoms with Gasteiger partial charge in [-0.3, -0.25) is 19.1 Å². The van der Waals surface area contributed by atoms with Gasteiger partial charge in [0.1, 0.15) is 23.7 Å². The zero-order chi connectivity index (χ0) is 35.0. The van der Waals surface area contributed by atoms with Crippen LogP contribution in [0, 0.1) is 11.8 Å². The summed E-state index contributed by atoms with van der Waals surface area (Å²) in [6.07, 6.45) is 11.6. The predicted molar refractivity (Wildman–Crippen MR) is 184 cm³/mol. The summed E-state index contributed by atoms with van der Waals surface area (Å²) >= 11 is 0. The normalized spacial score (nSPS) is 29.6. The Bertz CT molecular complexity index is 1840. The Kier molecular flexibility index (Phi) is 9.31. The van der Waals surface area contributed by atoms with Gasteiger partial charge in [-0.25, -0.2) is 18.2 Å². The lowest BCUT2D eigenvalue weighted by Crippen LogP contribution is -2.59. The summed E-state index contributed by atoms with van der Waals surface area (Å²) in [5.74, 6) is -2.16. The van der Waals surface area contributed by atoms with Crippen molar-refractivity contribution in [3.63, 3.8) is 0 Å². The lowest BCUT2D eigenvalue weighted by atomic mass is 9.96. The van der Waals surface area contributed by atoms with Crippen LogP contribution in [0.4, 0.5) is 4.79 Å². The molecule has 3 N–H and O–H groups in total. The van der Waals surface area contributed by atoms with Gasteiger partial charge in [-0.15, -0.1) is 6.58 Å². The first-order valence-corrected chi connectivity index (χ1v) is 19.1. The lowest BCUT2D eigenvalue weighted by Gasteiger charge is -2.32. The van der Waals surface area contributed by atoms with Gasteiger partial charge in [0, 0.05) is 23.9 Å². The molecule has 2 aromatic rings. The topological polar surface area (TPSA) is 173 Å². The molecule has 0 spiro atoms. The van der Waals surface area contributed by atoms with Crippen molar-refractivity contribution in [2.24, 2.45) is 11.8 Å². The number of fused-ring (bicyclic) bond motifs is 3. The number of benzene rings is 1. The zero-order valence-corrected chi connectivity index (χ0v) is 28.7. The van der Waals surface area contributed by atoms with Crippen LogP contribution in [0.1, 0.15) is 69.8 Å². The highest BCUT2D eigenvalue weighted by atomic mass is 32.2. The number of aromatic nitrogens is 1. The fraction of sp³-hybridized carbons (Fsp3) is 0.528. The minimum atomic E-state index is -3.87. The standard InChI is InChI=1S/C36H43N5O8S/c1-2-25-20-36(25,34(44)40-50(46,47)27-13-14-27)39-31(42)29-19-26-21-41(29)33(43)30(24-9-5-6-10-24)38-35(45)48-17-7-3-4-8-22-11-12-23-15-16-37-32(49-26)28(23)18-22/h2,4,8,11-12,15-16,18,24-27,29-30H,1,3,5-7,9-10,13-14,17,19-21H2,(H,38,45)(H,39,42)(H,40,44)/b8-4+/t25-,26-,29-,30-,36+/m0/s1. The molecule has 3 aliphatic carbocycles. The molecule has 4 bridgehead atoms. The summed E-state index contributed by atoms with van der Waals surface area (Å²) in [4.78, 5) is 61.1. The van der Waals surface area contributed by atoms with Crippen LogP contribution in [0.25, 0.3) is 16.8 Å². The highest BCUT2D eigenvalue weighted by Gasteiger charge is 2.62. The van der Waals surface area contributed by atoms with E-state index in [1.807, 2.05) is 36.4 Å². The van der Waals surface area contributed by atoms with Gasteiger partial charge in [0.05, 0.1) is 18.4 Å². The van der Waals surface area contributed by atoms with Gasteiger partial charge in [0.25, 0.3) is 5.91 Å². The quantitative estimate of drug-likeness (QED) is 0.365. The van der Waals surface area contributed by atoms with Crippen LogP contribution in [0.15, 0.2) is 49.2 Å². The van der Waals surface area contributed by atoms with E-state index in [0.717, 1.165) is 42.0 Å². The van der Waals surface area contributed by atoms with Crippen LogP contribution >= 0.6 is 0 Å². The van der Waals surface area contributed by atoms with Crippen molar-refractivity contribution in [3.8, 4) is 5.88 Å². The molecular weight excluding hydrogens is 662 g/mol. The number of hydrogen-bond donors (Lipinski definition) is 3. The van der Waals surface area contributed by atoms with Crippen molar-refractivity contribution in [1.82, 2.24) is 25.2 Å². The number of carbonyl (C=O) groups excluding carboxylic acids is 4. The molecule has 50 heavy (non-hydrogen) atoms. The number of cyclic esters (lactones) is 1. The van der Waals surface area contributed by atoms with E-state index in [2.05, 4.69) is 26.9 Å². The molecule has 2 aliphatic heterocycles. The highest BCUT2D eigenvalue weighted by molar-refractivity contribution is 7.91. The number of alkyl carbamates (subject to hydrolysis) is 1. The molecule has 1 saturated heterocycles. The second-order valence-corrected chi connectivity index (χ2v) is 16.1. The van der Waals surface area contributed by atoms with Crippen molar-refractivity contribution >= 4 is 50.7 Å². The smallest absolute Gasteiger partial charge is 0.407 e. The van der Waals surface area contributed by atoms with Gasteiger partial charge in [0.15, 0.2) is 0 Å². The molecule has 4 fully saturated rings. The summed E-state index contributed by atoms with van der Waals surface area (Å²) in [7, 11) is -3.87. The SMILES string of the molecule is C=C[C@H]1C[C@]1(NC(=O)[C@@H]1C[C@H]2CN1C(=O)[C@H](C1CCCC1)NC(=O)OCCC/C=C/c1ccc3ccnc(c3c1)O2)C(=O)NS(=O)(=O)C1CC1. The van der Waals surface area contributed by atoms with Gasteiger partial charge >= 0.3 is 6.09 Å². The Balaban J connectivity index is 1.21. The molecule has 4 amide bonds. The van der Waals surface area contributed by atoms with Gasteiger partial charge in [0.2, 0.25) is 27.7 Å². The number of pyridine rings is 1. The Morgan fingerprint density at radius 3 is 2.64 bits per heavy atom. The first-order valence-electron chi connectivity index (χ1n) is 17.5. The van der Waals surface area contributed by atoms with E-state index in [0.29, 0.717) is 31.6 Å². The molecule has 266 valence electrons. The third kappa shape index (κ3) is 6.94. The maximum atomic E-state index is 14.5. The summed E-state index contributed by atoms with van der Waals surface area (Å²) in [5, 5.41) is 6.70. The lowest BCUT2D eigenvalue weighted by molar-refractivity contribution is -0.142. The Morgan fingerprint density at radius 2 is 1.90 bits per heavy atom. The number of carbonyl (C=O) groups is 4. The van der Waals surface area contributed by atoms with E-state index in [1.165, 1.54) is 11.0 Å². The number of nitrogens with one attached hydrogen (secondary N) is 3. The highest BCUT2D eigenvalue weighted by Crippen LogP contribution is 2.45. The van der Waals surface area contributed by atoms with E-state index < -0.39 is 68.7 Å². The first-order chi connectivity index (χ1) is 24.1. The van der Waals surface area contributed by atoms with Gasteiger partial charge in [-0.1, -0.05) is 43.2 Å². The Hall–Kier alpha value is -4.46. The molecule has 13 nitrogen and oxygen atoms in total. The summed E-state index contributed by atoms with van der Waals surface area (Å²) in [6.45, 7) is 3.97. The number of hydrogen-bond acceptors (Lipinski definition) is 9. The summed E-state index contributed by atoms with van der Waals surface area (Å²) in [6, 6.07) is 5.80. The third-order valence-corrected chi connectivity index (χ3v) is 12.4. The maximum absolute atomic E-state index is 14.5. The number of amides is 4. The number of rotatable bonds is 7. The van der Waals surface area contributed by atoms with Crippen LogP contribution < -0.4 is 20.1 Å². The Labute approximate surface area is 291 Å². The van der Waals surface area contributed by atoms with Gasteiger partial charge in [-0.05, 0) is 73.9 Å². The summed E-state index contributed by atoms with van der Waals surface area (Å²) < 4.78 is 39.5. The predicted octanol–water partition coefficient (Wildman–Crippen LogP) is 3.34. The van der Waals surface area contributed by atoms with Crippen LogP contribution in [0.2, 0.25) is 0 Å². The van der Waals surface area contributed by atoms with Crippen molar-refractivity contribution in [1.29, 1.82) is 0 Å². The van der Waals surface area contributed by atoms with Crippen molar-refractivity contribution in [3.05, 3.63) is 54.8 Å². The maximum Gasteiger partial charge on any atom is 0.407 e. The average Bonchev–Trinajstić information content (AvgIpc) is 3.97. The average molecular weight is 706 g/mol. The van der Waals surface area contributed by atoms with Crippen molar-refractivity contribution in [2.75, 3.05) is 13.2 Å². The number of ether oxygens (including phenoxy) is 2. The molecule has 1 aromatic carbocycles. The molecule has 5 aliphatic rings. The number of allylic oxidation sites excluding steroid dienone is 1. The molecule has 3 heterocycles. The van der Waals surface area contributed by atoms with E-state index in [-0.39, 0.29) is 31.9 Å². The largest absolute Gasteiger partial charge is 0.472 e. The third-order valence-electron chi connectivity index (χ3n) is 10.6. The fourth-order valence-corrected chi connectivity index (χ4v) is 8.88. The molecule has 1 aromatic heterocycles. The molecule has 0 unspecified atom stereocenters. The minimum absolute atomic E-state index is 0.0225. The minimum Gasteiger partial charge on any atom is -0.472 e. The van der Waals surface area contributed by atoms with Crippen LogP contribution in [-0.4, -0.2) is 84.2 Å². The molecule has 5 atom stereocenters. The number of nitrogens with zero attached hydrogens (tertiary/aromatic N) is 2. The molecule has 7 rings (SSSR count). The van der Waals surface area contributed by atoms with E-state index in [1.54, 1.807) is 6.20 Å². The molecule has 0 radical (unpaired) electrons. The van der Waals surface area contributed by atoms with E-state index >= 15 is 0 Å². The van der Waals surface area contributed by atoms with Crippen LogP contribution in [0.5, 0.6) is 5.88 Å². The van der Waals surface area contributed by atoms with Crippen molar-refractivity contribution in [2.45, 2.75) is 93.2 Å². The monoisotopic (exact) mass is 705 g/mol. The first kappa shape index (κ1) is 34.0. The second kappa shape index (κ2) is 13.7. The molecular formula is C36H43N5O8S. The van der Waals surface area contributed by atoms with Gasteiger partial charge < -0.3 is 25.0 Å². The zero-order valence-electron chi connectivity index (χ0n) is 27.8. The molecule has 3 saturated carbocycles. The van der Waals surface area contributed by atoms with E-state index in [4.69, 9.17) is 9.47 Å². The Morgan fingerprint density at radius 1 is 1.10 bits per heavy atom. The van der Waals surface area contributed by atoms with Crippen LogP contribution in [-0.2, 0) is 29.1 Å². The fourth-order valence-electron chi connectivity index (χ4n) is 7.51. The summed E-state index contributed by atoms with van der Waals surface area (Å²) in [5.41, 5.74) is -0.585. The molecule has 14 heteroatoms. The van der Waals surface area contributed by atoms with Crippen molar-refractivity contribution < 1.29 is 37.1 Å².